The number of hydrogen-bond donors (Lipinski definition) is 0. The minimum Gasteiger partial charge on any atom is -0.309 e. The van der Waals surface area contributed by atoms with Crippen LogP contribution in [0.15, 0.2) is 406 Å². The van der Waals surface area contributed by atoms with Crippen molar-refractivity contribution in [3.05, 3.63) is 484 Å². The summed E-state index contributed by atoms with van der Waals surface area (Å²) in [5.41, 5.74) is 46.3. The number of hydrogen-bond acceptors (Lipinski definition) is 0. The van der Waals surface area contributed by atoms with Crippen LogP contribution in [0, 0.1) is 55.4 Å². The van der Waals surface area contributed by atoms with E-state index in [9.17, 15) is 0 Å². The topological polar surface area (TPSA) is 14.8 Å². The van der Waals surface area contributed by atoms with Crippen LogP contribution >= 0.6 is 0 Å². The van der Waals surface area contributed by atoms with Gasteiger partial charge in [0, 0.05) is 49.0 Å². The average molecular weight is 1960 g/mol. The second kappa shape index (κ2) is 65.1. The van der Waals surface area contributed by atoms with Gasteiger partial charge in [-0.05, 0) is 255 Å². The Morgan fingerprint density at radius 3 is 0.534 bits per heavy atom. The van der Waals surface area contributed by atoms with E-state index in [2.05, 4.69) is 476 Å². The Kier molecular flexibility index (Phi) is 53.7. The first kappa shape index (κ1) is 122. The number of para-hydroxylation sites is 3. The van der Waals surface area contributed by atoms with Gasteiger partial charge in [-0.3, -0.25) is 0 Å². The molecule has 18 aromatic carbocycles. The van der Waals surface area contributed by atoms with Gasteiger partial charge in [0.15, 0.2) is 0 Å². The van der Waals surface area contributed by atoms with Crippen molar-refractivity contribution in [1.29, 1.82) is 0 Å². The Morgan fingerprint density at radius 2 is 0.304 bits per heavy atom. The fourth-order valence-corrected chi connectivity index (χ4v) is 18.7. The van der Waals surface area contributed by atoms with E-state index in [1.165, 1.54) is 227 Å². The highest BCUT2D eigenvalue weighted by Crippen LogP contribution is 2.44. The molecule has 0 saturated carbocycles. The van der Waals surface area contributed by atoms with Gasteiger partial charge in [-0.1, -0.05) is 534 Å². The van der Waals surface area contributed by atoms with Gasteiger partial charge in [0.1, 0.15) is 0 Å². The Balaban J connectivity index is 0.000000265. The van der Waals surface area contributed by atoms with E-state index in [1.807, 2.05) is 180 Å². The zero-order valence-electron chi connectivity index (χ0n) is 96.6. The Labute approximate surface area is 895 Å². The van der Waals surface area contributed by atoms with Crippen LogP contribution in [0.1, 0.15) is 258 Å². The molecule has 0 spiro atoms. The zero-order valence-corrected chi connectivity index (χ0v) is 96.6. The first-order valence-corrected chi connectivity index (χ1v) is 55.8. The molecule has 3 nitrogen and oxygen atoms in total. The van der Waals surface area contributed by atoms with E-state index >= 15 is 0 Å². The van der Waals surface area contributed by atoms with Crippen molar-refractivity contribution in [3.8, 4) is 83.8 Å². The lowest BCUT2D eigenvalue weighted by molar-refractivity contribution is 1.18. The van der Waals surface area contributed by atoms with Crippen molar-refractivity contribution in [2.45, 2.75) is 255 Å². The third-order valence-electron chi connectivity index (χ3n) is 24.7. The highest BCUT2D eigenvalue weighted by atomic mass is 15.0. The maximum Gasteiger partial charge on any atom is 0.0541 e. The van der Waals surface area contributed by atoms with E-state index in [-0.39, 0.29) is 0 Å². The third kappa shape index (κ3) is 29.4. The SMILES string of the molecule is CC.CC.CC.CC.CC.CC.CC.CC.CC.CC.CC.CC.CC.Cc1ccc(-c2ccccc2-n2c3ccc(C)cc3c3cc(C)ccc32)cc1.Cc1ccc2c(c1)c1cc(C)ccc1n2-c1ccccc1-c1ccccc1.Cc1ccc2c(c1)c1cc(C)ccc1n2-c1ccccc1-c1ccccc1C.c1ccc2c(c1)Cc1ccccc1-2.c1ccc2c(c1)Cc1ccccc1-2.c1ccc2c(c1)Cc1ccccc1-2. The van der Waals surface area contributed by atoms with Gasteiger partial charge in [-0.25, -0.2) is 0 Å². The molecule has 3 aliphatic rings. The normalized spacial score (nSPS) is 10.1. The van der Waals surface area contributed by atoms with Crippen molar-refractivity contribution in [1.82, 2.24) is 13.7 Å². The molecular weight excluding hydrogens is 1780 g/mol. The molecule has 0 aliphatic heterocycles. The first-order valence-electron chi connectivity index (χ1n) is 55.8. The van der Waals surface area contributed by atoms with Crippen LogP contribution in [-0.4, -0.2) is 13.7 Å². The van der Waals surface area contributed by atoms with Crippen molar-refractivity contribution >= 4 is 65.4 Å². The zero-order chi connectivity index (χ0) is 109. The van der Waals surface area contributed by atoms with Crippen molar-refractivity contribution < 1.29 is 0 Å². The lowest BCUT2D eigenvalue weighted by atomic mass is 9.99. The van der Waals surface area contributed by atoms with Gasteiger partial charge < -0.3 is 13.7 Å². The van der Waals surface area contributed by atoms with Gasteiger partial charge in [0.25, 0.3) is 0 Å². The van der Waals surface area contributed by atoms with E-state index in [1.54, 1.807) is 0 Å². The summed E-state index contributed by atoms with van der Waals surface area (Å²) in [6, 6.07) is 147. The number of aryl methyl sites for hydroxylation is 8. The largest absolute Gasteiger partial charge is 0.309 e. The Hall–Kier alpha value is -14.6. The maximum absolute atomic E-state index is 2.42. The molecule has 0 amide bonds. The van der Waals surface area contributed by atoms with Gasteiger partial charge in [0.05, 0.1) is 50.2 Å². The van der Waals surface area contributed by atoms with E-state index in [4.69, 9.17) is 0 Å². The molecule has 3 aliphatic carbocycles. The Morgan fingerprint density at radius 1 is 0.135 bits per heavy atom. The molecule has 0 saturated heterocycles. The number of aromatic nitrogens is 3. The smallest absolute Gasteiger partial charge is 0.0541 e. The van der Waals surface area contributed by atoms with Crippen molar-refractivity contribution in [2.24, 2.45) is 0 Å². The van der Waals surface area contributed by atoms with Gasteiger partial charge in [-0.15, -0.1) is 0 Å². The third-order valence-corrected chi connectivity index (χ3v) is 24.7. The predicted octanol–water partition coefficient (Wildman–Crippen LogP) is 44.9. The van der Waals surface area contributed by atoms with Crippen LogP contribution < -0.4 is 0 Å². The molecule has 0 radical (unpaired) electrons. The molecule has 148 heavy (non-hydrogen) atoms. The van der Waals surface area contributed by atoms with Gasteiger partial charge >= 0.3 is 0 Å². The second-order valence-electron chi connectivity index (χ2n) is 33.2. The highest BCUT2D eigenvalue weighted by Gasteiger charge is 2.23. The molecule has 0 bridgehead atoms. The van der Waals surface area contributed by atoms with Gasteiger partial charge in [0.2, 0.25) is 0 Å². The highest BCUT2D eigenvalue weighted by molar-refractivity contribution is 6.13. The molecule has 3 heteroatoms. The fourth-order valence-electron chi connectivity index (χ4n) is 18.7. The second-order valence-corrected chi connectivity index (χ2v) is 33.2. The molecule has 3 heterocycles. The summed E-state index contributed by atoms with van der Waals surface area (Å²) in [5.74, 6) is 0. The van der Waals surface area contributed by atoms with Crippen LogP contribution in [0.25, 0.3) is 149 Å². The minimum atomic E-state index is 1.10. The number of benzene rings is 18. The number of rotatable bonds is 6. The summed E-state index contributed by atoms with van der Waals surface area (Å²) >= 11 is 0. The van der Waals surface area contributed by atoms with E-state index < -0.39 is 0 Å². The summed E-state index contributed by atoms with van der Waals surface area (Å²) in [6.45, 7) is 69.3. The van der Waals surface area contributed by atoms with Gasteiger partial charge in [-0.2, -0.15) is 0 Å². The first-order chi connectivity index (χ1) is 72.8. The molecule has 3 aromatic heterocycles. The lowest BCUT2D eigenvalue weighted by Crippen LogP contribution is -1.98. The lowest BCUT2D eigenvalue weighted by Gasteiger charge is -2.15. The van der Waals surface area contributed by atoms with Crippen LogP contribution in [0.3, 0.4) is 0 Å². The molecule has 0 atom stereocenters. The number of fused-ring (bicyclic) bond motifs is 18. The van der Waals surface area contributed by atoms with Crippen molar-refractivity contribution in [3.63, 3.8) is 0 Å². The van der Waals surface area contributed by atoms with E-state index in [0.717, 1.165) is 19.3 Å². The van der Waals surface area contributed by atoms with Crippen LogP contribution in [0.2, 0.25) is 0 Å². The monoisotopic (exact) mass is 1960 g/mol. The summed E-state index contributed by atoms with van der Waals surface area (Å²) < 4.78 is 7.25. The molecule has 0 unspecified atom stereocenters. The van der Waals surface area contributed by atoms with Crippen LogP contribution in [0.5, 0.6) is 0 Å². The quantitative estimate of drug-likeness (QED) is 0.158. The molecule has 21 aromatic rings. The fraction of sp³-hybridized carbons (Fsp3) is 0.255. The average Bonchev–Trinajstić information content (AvgIpc) is 1.59. The van der Waals surface area contributed by atoms with Crippen LogP contribution in [0.4, 0.5) is 0 Å². The number of nitrogens with zero attached hydrogens (tertiary/aromatic N) is 3. The van der Waals surface area contributed by atoms with Crippen LogP contribution in [-0.2, 0) is 19.3 Å². The minimum absolute atomic E-state index is 1.10. The molecular formula is C145H175N3. The van der Waals surface area contributed by atoms with E-state index in [0.29, 0.717) is 0 Å². The summed E-state index contributed by atoms with van der Waals surface area (Å²) in [5, 5.41) is 7.90. The molecule has 24 rings (SSSR count). The summed E-state index contributed by atoms with van der Waals surface area (Å²) in [6.07, 6.45) is 3.31. The standard InChI is InChI=1S/2C27H23N.C26H21N.3C13H10.13C2H6/c1-18-12-14-26-23(16-18)24-17-19(2)13-15-27(24)28(26)25-11-7-6-10-22(25)21-9-5-4-8-20(21)3;1-18-8-12-21(13-9-18)22-6-4-5-7-25(22)28-26-14-10-19(2)16-23(26)24-17-20(3)11-15-27(24)28;1-18-12-14-25-22(16-18)23-17-19(2)13-15-26(23)27(25)24-11-7-6-10-21(24)20-8-4-3-5-9-20;3*1-3-7-12-10(5-1)9-11-6-2-4-8-13(11)12;13*1-2/h2*4-17H,1-3H3;3-17H,1-2H3;3*1-8H,9H2;13*1-2H3. The molecule has 0 fully saturated rings. The maximum atomic E-state index is 2.42. The van der Waals surface area contributed by atoms with Crippen molar-refractivity contribution in [2.75, 3.05) is 0 Å². The summed E-state index contributed by atoms with van der Waals surface area (Å²) in [7, 11) is 0. The summed E-state index contributed by atoms with van der Waals surface area (Å²) in [4.78, 5) is 0. The Bertz CT molecular complexity index is 6980. The molecule has 0 N–H and O–H groups in total. The molecule has 770 valence electrons. The predicted molar refractivity (Wildman–Crippen MR) is 668 cm³/mol.